The first-order chi connectivity index (χ1) is 19.6. The van der Waals surface area contributed by atoms with E-state index in [0.717, 1.165) is 21.2 Å². The van der Waals surface area contributed by atoms with Gasteiger partial charge in [-0.25, -0.2) is 0 Å². The number of hydrogen-bond donors (Lipinski definition) is 2. The van der Waals surface area contributed by atoms with Crippen molar-refractivity contribution in [1.82, 2.24) is 0 Å². The van der Waals surface area contributed by atoms with E-state index in [2.05, 4.69) is 0 Å². The Balaban J connectivity index is 1.79. The summed E-state index contributed by atoms with van der Waals surface area (Å²) < 4.78 is 7.12. The Bertz CT molecular complexity index is 1640. The summed E-state index contributed by atoms with van der Waals surface area (Å²) in [6, 6.07) is 47.9. The molecular weight excluding hydrogens is 515 g/mol. The summed E-state index contributed by atoms with van der Waals surface area (Å²) in [5.74, 6) is -1.63. The molecule has 0 spiro atoms. The Hall–Kier alpha value is -4.92. The van der Waals surface area contributed by atoms with E-state index in [-0.39, 0.29) is 11.3 Å². The molecule has 0 aliphatic heterocycles. The van der Waals surface area contributed by atoms with Gasteiger partial charge in [-0.1, -0.05) is 0 Å². The number of aromatic hydroxyl groups is 2. The molecule has 6 aromatic carbocycles. The summed E-state index contributed by atoms with van der Waals surface area (Å²) in [4.78, 5) is 14.7. The number of carbonyl (C=O) groups is 1. The Morgan fingerprint density at radius 1 is 0.525 bits per heavy atom. The molecule has 0 radical (unpaired) electrons. The minimum atomic E-state index is -4.30. The molecular formula is C35H27O4P. The molecule has 196 valence electrons. The van der Waals surface area contributed by atoms with Crippen molar-refractivity contribution in [3.8, 4) is 11.5 Å². The molecule has 5 heteroatoms. The zero-order valence-electron chi connectivity index (χ0n) is 21.6. The average Bonchev–Trinajstić information content (AvgIpc) is 3.02. The van der Waals surface area contributed by atoms with Crippen LogP contribution in [0.4, 0.5) is 0 Å². The molecule has 6 rings (SSSR count). The molecule has 40 heavy (non-hydrogen) atoms. The molecule has 2 N–H and O–H groups in total. The van der Waals surface area contributed by atoms with Gasteiger partial charge in [0, 0.05) is 0 Å². The third-order valence-electron chi connectivity index (χ3n) is 7.47. The number of carbonyl (C=O) groups excluding carboxylic acids is 1. The van der Waals surface area contributed by atoms with Crippen molar-refractivity contribution in [1.29, 1.82) is 0 Å². The van der Waals surface area contributed by atoms with E-state index in [1.54, 1.807) is 18.2 Å². The third kappa shape index (κ3) is 3.69. The van der Waals surface area contributed by atoms with Crippen LogP contribution in [0.1, 0.15) is 10.4 Å². The van der Waals surface area contributed by atoms with Gasteiger partial charge in [-0.15, -0.1) is 0 Å². The van der Waals surface area contributed by atoms with E-state index in [1.807, 2.05) is 127 Å². The van der Waals surface area contributed by atoms with E-state index in [4.69, 9.17) is 4.52 Å². The van der Waals surface area contributed by atoms with Crippen LogP contribution in [0, 0.1) is 0 Å². The monoisotopic (exact) mass is 542 g/mol. The maximum atomic E-state index is 14.7. The van der Waals surface area contributed by atoms with Crippen LogP contribution < -0.4 is 21.2 Å². The fourth-order valence-corrected chi connectivity index (χ4v) is 11.3. The van der Waals surface area contributed by atoms with Crippen LogP contribution in [0.3, 0.4) is 0 Å². The van der Waals surface area contributed by atoms with E-state index < -0.39 is 18.5 Å². The summed E-state index contributed by atoms with van der Waals surface area (Å²) in [5.41, 5.74) is -0.0803. The number of fused-ring (bicyclic) bond motifs is 1. The Morgan fingerprint density at radius 2 is 0.900 bits per heavy atom. The molecule has 0 atom stereocenters. The summed E-state index contributed by atoms with van der Waals surface area (Å²) in [7, 11) is 0. The quantitative estimate of drug-likeness (QED) is 0.195. The van der Waals surface area contributed by atoms with Crippen molar-refractivity contribution >= 4 is 44.8 Å². The Morgan fingerprint density at radius 3 is 1.32 bits per heavy atom. The van der Waals surface area contributed by atoms with Crippen molar-refractivity contribution in [2.75, 3.05) is 0 Å². The topological polar surface area (TPSA) is 66.8 Å². The predicted octanol–water partition coefficient (Wildman–Crippen LogP) is 6.18. The van der Waals surface area contributed by atoms with Crippen LogP contribution in [0.15, 0.2) is 152 Å². The fourth-order valence-electron chi connectivity index (χ4n) is 5.70. The molecule has 0 fully saturated rings. The first-order valence-corrected chi connectivity index (χ1v) is 15.1. The average molecular weight is 543 g/mol. The Labute approximate surface area is 232 Å². The van der Waals surface area contributed by atoms with Gasteiger partial charge in [0.1, 0.15) is 0 Å². The van der Waals surface area contributed by atoms with Gasteiger partial charge in [0.05, 0.1) is 0 Å². The zero-order valence-corrected chi connectivity index (χ0v) is 22.5. The zero-order chi connectivity index (χ0) is 27.6. The molecule has 0 unspecified atom stereocenters. The molecule has 0 aromatic heterocycles. The molecule has 0 saturated carbocycles. The third-order valence-corrected chi connectivity index (χ3v) is 13.1. The molecule has 0 amide bonds. The van der Waals surface area contributed by atoms with Crippen molar-refractivity contribution in [3.63, 3.8) is 0 Å². The van der Waals surface area contributed by atoms with Gasteiger partial charge in [0.15, 0.2) is 0 Å². The van der Waals surface area contributed by atoms with Gasteiger partial charge in [-0.3, -0.25) is 0 Å². The van der Waals surface area contributed by atoms with E-state index in [0.29, 0.717) is 10.8 Å². The molecule has 0 heterocycles. The first kappa shape index (κ1) is 25.4. The van der Waals surface area contributed by atoms with Gasteiger partial charge in [-0.2, -0.15) is 0 Å². The van der Waals surface area contributed by atoms with Crippen molar-refractivity contribution < 1.29 is 19.5 Å². The van der Waals surface area contributed by atoms with Crippen molar-refractivity contribution in [2.45, 2.75) is 0 Å². The van der Waals surface area contributed by atoms with Crippen LogP contribution >= 0.6 is 6.83 Å². The standard InChI is InChI=1S/C35H27O4P/c36-32-25-26-15-13-14-24-31(26)33(34(32)37)35(38)39-40(27-16-5-1-6-17-27,28-18-7-2-8-19-28,29-20-9-3-10-21-29)30-22-11-4-12-23-30/h1-25,36-37H. The van der Waals surface area contributed by atoms with Gasteiger partial charge in [0.2, 0.25) is 0 Å². The van der Waals surface area contributed by atoms with E-state index in [1.165, 1.54) is 6.07 Å². The first-order valence-electron chi connectivity index (χ1n) is 13.0. The summed E-state index contributed by atoms with van der Waals surface area (Å²) >= 11 is 0. The normalized spacial score (nSPS) is 12.3. The number of rotatable bonds is 6. The van der Waals surface area contributed by atoms with Crippen molar-refractivity contribution in [2.24, 2.45) is 0 Å². The van der Waals surface area contributed by atoms with E-state index >= 15 is 0 Å². The second-order valence-corrected chi connectivity index (χ2v) is 13.9. The summed E-state index contributed by atoms with van der Waals surface area (Å²) in [6.07, 6.45) is 0. The van der Waals surface area contributed by atoms with E-state index in [9.17, 15) is 15.0 Å². The van der Waals surface area contributed by atoms with Crippen LogP contribution in [-0.2, 0) is 4.52 Å². The predicted molar refractivity (Wildman–Crippen MR) is 164 cm³/mol. The van der Waals surface area contributed by atoms with Gasteiger partial charge in [-0.05, 0) is 0 Å². The van der Waals surface area contributed by atoms with Gasteiger partial charge < -0.3 is 0 Å². The van der Waals surface area contributed by atoms with Crippen LogP contribution in [0.25, 0.3) is 10.8 Å². The molecule has 0 aliphatic carbocycles. The van der Waals surface area contributed by atoms with Crippen LogP contribution in [-0.4, -0.2) is 16.2 Å². The molecule has 0 aliphatic rings. The number of phenolic OH excluding ortho intramolecular Hbond substituents is 2. The van der Waals surface area contributed by atoms with Crippen molar-refractivity contribution in [3.05, 3.63) is 157 Å². The second kappa shape index (κ2) is 10.00. The Kier molecular flexibility index (Phi) is 6.34. The molecule has 0 saturated heterocycles. The minimum absolute atomic E-state index is 0.0803. The molecule has 0 bridgehead atoms. The summed E-state index contributed by atoms with van der Waals surface area (Å²) in [6.45, 7) is -4.30. The van der Waals surface area contributed by atoms with Gasteiger partial charge >= 0.3 is 233 Å². The summed E-state index contributed by atoms with van der Waals surface area (Å²) in [5, 5.41) is 26.1. The SMILES string of the molecule is O=C(OP(c1ccccc1)(c1ccccc1)(c1ccccc1)c1ccccc1)c1c(O)c(O)cc2ccccc12. The number of phenols is 2. The maximum absolute atomic E-state index is 14.7. The van der Waals surface area contributed by atoms with Gasteiger partial charge in [0.25, 0.3) is 0 Å². The molecule has 4 nitrogen and oxygen atoms in total. The molecule has 6 aromatic rings. The fraction of sp³-hybridized carbons (Fsp3) is 0. The number of hydrogen-bond acceptors (Lipinski definition) is 4. The van der Waals surface area contributed by atoms with Crippen LogP contribution in [0.2, 0.25) is 0 Å². The number of benzene rings is 6. The second-order valence-electron chi connectivity index (χ2n) is 9.60. The van der Waals surface area contributed by atoms with Crippen LogP contribution in [0.5, 0.6) is 11.5 Å².